The highest BCUT2D eigenvalue weighted by Gasteiger charge is 2.26. The third-order valence-electron chi connectivity index (χ3n) is 3.11. The molecule has 1 nitrogen and oxygen atoms in total. The van der Waals surface area contributed by atoms with Gasteiger partial charge in [-0.3, -0.25) is 0 Å². The molecule has 0 saturated carbocycles. The minimum absolute atomic E-state index is 0.190. The first-order valence-corrected chi connectivity index (χ1v) is 5.43. The van der Waals surface area contributed by atoms with Crippen molar-refractivity contribution in [2.45, 2.75) is 31.7 Å². The van der Waals surface area contributed by atoms with E-state index in [-0.39, 0.29) is 5.54 Å². The minimum atomic E-state index is -0.190. The van der Waals surface area contributed by atoms with Crippen molar-refractivity contribution in [3.63, 3.8) is 0 Å². The summed E-state index contributed by atoms with van der Waals surface area (Å²) in [6.07, 6.45) is 6.62. The molecule has 0 radical (unpaired) electrons. The second-order valence-corrected chi connectivity index (χ2v) is 4.75. The quantitative estimate of drug-likeness (QED) is 0.737. The molecule has 0 aromatic heterocycles. The standard InChI is InChI=1S/C14H17N/c1-4-14(2,3)15-10-12-9-11-7-5-6-8-13(11)12/h1,5-8,12,15H,9-10H2,2-3H3. The summed E-state index contributed by atoms with van der Waals surface area (Å²) < 4.78 is 0. The van der Waals surface area contributed by atoms with Gasteiger partial charge in [-0.1, -0.05) is 30.2 Å². The number of nitrogens with one attached hydrogen (secondary N) is 1. The summed E-state index contributed by atoms with van der Waals surface area (Å²) in [5, 5.41) is 3.42. The van der Waals surface area contributed by atoms with E-state index >= 15 is 0 Å². The lowest BCUT2D eigenvalue weighted by atomic mass is 9.77. The number of fused-ring (bicyclic) bond motifs is 1. The van der Waals surface area contributed by atoms with Gasteiger partial charge in [0.1, 0.15) is 0 Å². The molecule has 1 N–H and O–H groups in total. The zero-order valence-corrected chi connectivity index (χ0v) is 9.38. The Morgan fingerprint density at radius 3 is 2.87 bits per heavy atom. The van der Waals surface area contributed by atoms with Crippen molar-refractivity contribution in [3.05, 3.63) is 35.4 Å². The van der Waals surface area contributed by atoms with Crippen LogP contribution in [0.3, 0.4) is 0 Å². The highest BCUT2D eigenvalue weighted by Crippen LogP contribution is 2.34. The first kappa shape index (κ1) is 10.3. The molecule has 1 unspecified atom stereocenters. The third-order valence-corrected chi connectivity index (χ3v) is 3.11. The Labute approximate surface area is 91.9 Å². The molecule has 0 saturated heterocycles. The van der Waals surface area contributed by atoms with Crippen LogP contribution in [-0.4, -0.2) is 12.1 Å². The number of rotatable bonds is 3. The van der Waals surface area contributed by atoms with Crippen LogP contribution in [-0.2, 0) is 6.42 Å². The highest BCUT2D eigenvalue weighted by molar-refractivity contribution is 5.40. The Bertz CT molecular complexity index is 398. The number of hydrogen-bond acceptors (Lipinski definition) is 1. The van der Waals surface area contributed by atoms with Gasteiger partial charge in [0.25, 0.3) is 0 Å². The van der Waals surface area contributed by atoms with Gasteiger partial charge in [0.05, 0.1) is 5.54 Å². The van der Waals surface area contributed by atoms with Gasteiger partial charge >= 0.3 is 0 Å². The van der Waals surface area contributed by atoms with Crippen LogP contribution >= 0.6 is 0 Å². The van der Waals surface area contributed by atoms with Gasteiger partial charge in [0.2, 0.25) is 0 Å². The van der Waals surface area contributed by atoms with Gasteiger partial charge < -0.3 is 5.32 Å². The Kier molecular flexibility index (Phi) is 2.54. The summed E-state index contributed by atoms with van der Waals surface area (Å²) in [5.74, 6) is 3.40. The second-order valence-electron chi connectivity index (χ2n) is 4.75. The maximum Gasteiger partial charge on any atom is 0.0741 e. The molecule has 78 valence electrons. The maximum absolute atomic E-state index is 5.43. The summed E-state index contributed by atoms with van der Waals surface area (Å²) in [4.78, 5) is 0. The number of terminal acetylenes is 1. The van der Waals surface area contributed by atoms with Crippen LogP contribution in [0, 0.1) is 12.3 Å². The van der Waals surface area contributed by atoms with Crippen molar-refractivity contribution in [2.75, 3.05) is 6.54 Å². The number of hydrogen-bond donors (Lipinski definition) is 1. The molecule has 1 heteroatoms. The van der Waals surface area contributed by atoms with Gasteiger partial charge in [0.15, 0.2) is 0 Å². The van der Waals surface area contributed by atoms with E-state index in [1.165, 1.54) is 17.5 Å². The second kappa shape index (κ2) is 3.72. The first-order valence-electron chi connectivity index (χ1n) is 5.43. The van der Waals surface area contributed by atoms with Crippen LogP contribution in [0.5, 0.6) is 0 Å². The van der Waals surface area contributed by atoms with Crippen molar-refractivity contribution in [2.24, 2.45) is 0 Å². The zero-order valence-electron chi connectivity index (χ0n) is 9.38. The SMILES string of the molecule is C#CC(C)(C)NCC1Cc2ccccc21. The van der Waals surface area contributed by atoms with Gasteiger partial charge in [-0.15, -0.1) is 6.42 Å². The Balaban J connectivity index is 1.94. The fraction of sp³-hybridized carbons (Fsp3) is 0.429. The van der Waals surface area contributed by atoms with E-state index in [9.17, 15) is 0 Å². The van der Waals surface area contributed by atoms with Gasteiger partial charge in [-0.05, 0) is 31.4 Å². The molecule has 1 aliphatic rings. The van der Waals surface area contributed by atoms with E-state index in [2.05, 4.69) is 35.5 Å². The lowest BCUT2D eigenvalue weighted by molar-refractivity contribution is 0.441. The van der Waals surface area contributed by atoms with Gasteiger partial charge in [0, 0.05) is 12.5 Å². The summed E-state index contributed by atoms with van der Waals surface area (Å²) in [6, 6.07) is 8.64. The molecule has 0 aliphatic heterocycles. The molecular formula is C14H17N. The van der Waals surface area contributed by atoms with Crippen LogP contribution < -0.4 is 5.32 Å². The van der Waals surface area contributed by atoms with Crippen LogP contribution in [0.4, 0.5) is 0 Å². The molecule has 0 amide bonds. The van der Waals surface area contributed by atoms with E-state index in [1.807, 2.05) is 13.8 Å². The Morgan fingerprint density at radius 1 is 1.47 bits per heavy atom. The van der Waals surface area contributed by atoms with Crippen LogP contribution in [0.1, 0.15) is 30.9 Å². The molecule has 1 aromatic rings. The Morgan fingerprint density at radius 2 is 2.20 bits per heavy atom. The molecule has 1 aliphatic carbocycles. The minimum Gasteiger partial charge on any atom is -0.301 e. The normalized spacial score (nSPS) is 18.9. The van der Waals surface area contributed by atoms with Crippen molar-refractivity contribution in [3.8, 4) is 12.3 Å². The fourth-order valence-electron chi connectivity index (χ4n) is 1.97. The molecule has 0 bridgehead atoms. The van der Waals surface area contributed by atoms with E-state index in [4.69, 9.17) is 6.42 Å². The number of benzene rings is 1. The molecule has 1 atom stereocenters. The summed E-state index contributed by atoms with van der Waals surface area (Å²) in [6.45, 7) is 5.06. The van der Waals surface area contributed by atoms with Crippen molar-refractivity contribution < 1.29 is 0 Å². The average Bonchev–Trinajstić information content (AvgIpc) is 2.19. The topological polar surface area (TPSA) is 12.0 Å². The predicted octanol–water partition coefficient (Wildman–Crippen LogP) is 2.33. The van der Waals surface area contributed by atoms with Crippen LogP contribution in [0.25, 0.3) is 0 Å². The summed E-state index contributed by atoms with van der Waals surface area (Å²) in [5.41, 5.74) is 2.78. The molecule has 1 aromatic carbocycles. The predicted molar refractivity (Wildman–Crippen MR) is 63.8 cm³/mol. The van der Waals surface area contributed by atoms with Crippen LogP contribution in [0.2, 0.25) is 0 Å². The van der Waals surface area contributed by atoms with E-state index in [0.29, 0.717) is 5.92 Å². The largest absolute Gasteiger partial charge is 0.301 e. The zero-order chi connectivity index (χ0) is 10.9. The van der Waals surface area contributed by atoms with Crippen molar-refractivity contribution in [1.29, 1.82) is 0 Å². The molecule has 15 heavy (non-hydrogen) atoms. The highest BCUT2D eigenvalue weighted by atomic mass is 14.9. The molecule has 0 fully saturated rings. The maximum atomic E-state index is 5.43. The fourth-order valence-corrected chi connectivity index (χ4v) is 1.97. The van der Waals surface area contributed by atoms with Gasteiger partial charge in [-0.25, -0.2) is 0 Å². The smallest absolute Gasteiger partial charge is 0.0741 e. The summed E-state index contributed by atoms with van der Waals surface area (Å²) >= 11 is 0. The molecule has 0 heterocycles. The lowest BCUT2D eigenvalue weighted by Crippen LogP contribution is -2.42. The van der Waals surface area contributed by atoms with E-state index in [0.717, 1.165) is 6.54 Å². The molecular weight excluding hydrogens is 182 g/mol. The van der Waals surface area contributed by atoms with Gasteiger partial charge in [-0.2, -0.15) is 0 Å². The molecule has 0 spiro atoms. The van der Waals surface area contributed by atoms with Crippen molar-refractivity contribution in [1.82, 2.24) is 5.32 Å². The van der Waals surface area contributed by atoms with Crippen LogP contribution in [0.15, 0.2) is 24.3 Å². The average molecular weight is 199 g/mol. The monoisotopic (exact) mass is 199 g/mol. The van der Waals surface area contributed by atoms with E-state index < -0.39 is 0 Å². The summed E-state index contributed by atoms with van der Waals surface area (Å²) in [7, 11) is 0. The molecule has 2 rings (SSSR count). The third kappa shape index (κ3) is 2.06. The lowest BCUT2D eigenvalue weighted by Gasteiger charge is -2.32. The first-order chi connectivity index (χ1) is 7.12. The Hall–Kier alpha value is -1.26. The van der Waals surface area contributed by atoms with Crippen molar-refractivity contribution >= 4 is 0 Å². The van der Waals surface area contributed by atoms with E-state index in [1.54, 1.807) is 0 Å².